The molecule has 1 aliphatic heterocycles. The predicted molar refractivity (Wildman–Crippen MR) is 75.1 cm³/mol. The van der Waals surface area contributed by atoms with Gasteiger partial charge in [0, 0.05) is 19.1 Å². The van der Waals surface area contributed by atoms with E-state index < -0.39 is 0 Å². The highest BCUT2D eigenvalue weighted by Crippen LogP contribution is 2.33. The van der Waals surface area contributed by atoms with E-state index in [1.165, 1.54) is 25.9 Å². The van der Waals surface area contributed by atoms with Gasteiger partial charge in [-0.2, -0.15) is 0 Å². The van der Waals surface area contributed by atoms with E-state index >= 15 is 0 Å². The minimum absolute atomic E-state index is 0.341. The van der Waals surface area contributed by atoms with Crippen molar-refractivity contribution in [2.24, 2.45) is 17.1 Å². The topological polar surface area (TPSA) is 41.3 Å². The molecule has 1 rings (SSSR count). The molecule has 1 aliphatic rings. The van der Waals surface area contributed by atoms with E-state index in [0.717, 1.165) is 25.4 Å². The highest BCUT2D eigenvalue weighted by atomic mass is 15.1. The lowest BCUT2D eigenvalue weighted by atomic mass is 9.78. The standard InChI is InChI=1S/C14H31N3/c1-12(15)6-5-8-16-11-14(2,3)13-7-9-17(4)10-13/h12-13,16H,5-11,15H2,1-4H3. The van der Waals surface area contributed by atoms with E-state index in [4.69, 9.17) is 5.73 Å². The van der Waals surface area contributed by atoms with Crippen LogP contribution in [0.1, 0.15) is 40.0 Å². The smallest absolute Gasteiger partial charge is 0.00127 e. The molecule has 0 aliphatic carbocycles. The molecule has 0 aromatic rings. The van der Waals surface area contributed by atoms with E-state index in [9.17, 15) is 0 Å². The Bertz CT molecular complexity index is 214. The Morgan fingerprint density at radius 3 is 2.71 bits per heavy atom. The summed E-state index contributed by atoms with van der Waals surface area (Å²) in [5.41, 5.74) is 6.16. The lowest BCUT2D eigenvalue weighted by Crippen LogP contribution is -2.37. The molecule has 0 spiro atoms. The number of nitrogens with one attached hydrogen (secondary N) is 1. The molecular formula is C14H31N3. The van der Waals surface area contributed by atoms with Gasteiger partial charge in [-0.15, -0.1) is 0 Å². The summed E-state index contributed by atoms with van der Waals surface area (Å²) in [6.07, 6.45) is 3.67. The molecule has 0 bridgehead atoms. The molecule has 1 saturated heterocycles. The molecule has 0 aromatic carbocycles. The van der Waals surface area contributed by atoms with Crippen molar-refractivity contribution < 1.29 is 0 Å². The van der Waals surface area contributed by atoms with Gasteiger partial charge in [0.2, 0.25) is 0 Å². The first-order chi connectivity index (χ1) is 7.92. The molecular weight excluding hydrogens is 210 g/mol. The third-order valence-electron chi connectivity index (χ3n) is 4.09. The fourth-order valence-electron chi connectivity index (χ4n) is 2.68. The summed E-state index contributed by atoms with van der Waals surface area (Å²) in [6, 6.07) is 0.341. The zero-order valence-corrected chi connectivity index (χ0v) is 12.1. The van der Waals surface area contributed by atoms with Gasteiger partial charge < -0.3 is 16.0 Å². The van der Waals surface area contributed by atoms with E-state index in [1.807, 2.05) is 0 Å². The lowest BCUT2D eigenvalue weighted by molar-refractivity contribution is 0.206. The van der Waals surface area contributed by atoms with Gasteiger partial charge in [-0.3, -0.25) is 0 Å². The quantitative estimate of drug-likeness (QED) is 0.666. The van der Waals surface area contributed by atoms with Crippen molar-refractivity contribution in [3.8, 4) is 0 Å². The average molecular weight is 241 g/mol. The number of nitrogens with two attached hydrogens (primary N) is 1. The molecule has 3 N–H and O–H groups in total. The lowest BCUT2D eigenvalue weighted by Gasteiger charge is -2.32. The van der Waals surface area contributed by atoms with Crippen LogP contribution in [0.25, 0.3) is 0 Å². The zero-order valence-electron chi connectivity index (χ0n) is 12.1. The van der Waals surface area contributed by atoms with Gasteiger partial charge in [0.05, 0.1) is 0 Å². The maximum absolute atomic E-state index is 5.74. The number of nitrogens with zero attached hydrogens (tertiary/aromatic N) is 1. The third kappa shape index (κ3) is 5.36. The largest absolute Gasteiger partial charge is 0.328 e. The highest BCUT2D eigenvalue weighted by molar-refractivity contribution is 4.86. The number of rotatable bonds is 7. The Hall–Kier alpha value is -0.120. The van der Waals surface area contributed by atoms with Crippen LogP contribution in [-0.4, -0.2) is 44.2 Å². The van der Waals surface area contributed by atoms with Crippen LogP contribution in [0.4, 0.5) is 0 Å². The summed E-state index contributed by atoms with van der Waals surface area (Å²) in [5, 5.41) is 3.60. The molecule has 1 heterocycles. The van der Waals surface area contributed by atoms with Crippen LogP contribution in [-0.2, 0) is 0 Å². The predicted octanol–water partition coefficient (Wildman–Crippen LogP) is 1.68. The fraction of sp³-hybridized carbons (Fsp3) is 1.00. The second-order valence-corrected chi connectivity index (χ2v) is 6.53. The molecule has 0 radical (unpaired) electrons. The maximum Gasteiger partial charge on any atom is 0.00127 e. The van der Waals surface area contributed by atoms with Crippen LogP contribution >= 0.6 is 0 Å². The zero-order chi connectivity index (χ0) is 12.9. The summed E-state index contributed by atoms with van der Waals surface area (Å²) in [6.45, 7) is 11.6. The SMILES string of the molecule is CC(N)CCCNCC(C)(C)C1CCN(C)C1. The van der Waals surface area contributed by atoms with Crippen LogP contribution in [0.3, 0.4) is 0 Å². The number of likely N-dealkylation sites (tertiary alicyclic amines) is 1. The van der Waals surface area contributed by atoms with Gasteiger partial charge in [0.25, 0.3) is 0 Å². The number of hydrogen-bond donors (Lipinski definition) is 2. The molecule has 1 fully saturated rings. The fourth-order valence-corrected chi connectivity index (χ4v) is 2.68. The summed E-state index contributed by atoms with van der Waals surface area (Å²) < 4.78 is 0. The van der Waals surface area contributed by atoms with Crippen molar-refractivity contribution in [1.82, 2.24) is 10.2 Å². The summed E-state index contributed by atoms with van der Waals surface area (Å²) in [4.78, 5) is 2.45. The first-order valence-corrected chi connectivity index (χ1v) is 7.06. The van der Waals surface area contributed by atoms with Crippen LogP contribution in [0, 0.1) is 11.3 Å². The third-order valence-corrected chi connectivity index (χ3v) is 4.09. The first kappa shape index (κ1) is 14.9. The molecule has 2 unspecified atom stereocenters. The minimum Gasteiger partial charge on any atom is -0.328 e. The molecule has 0 amide bonds. The van der Waals surface area contributed by atoms with Crippen molar-refractivity contribution in [3.05, 3.63) is 0 Å². The molecule has 0 aromatic heterocycles. The van der Waals surface area contributed by atoms with Gasteiger partial charge in [-0.1, -0.05) is 13.8 Å². The summed E-state index contributed by atoms with van der Waals surface area (Å²) in [7, 11) is 2.23. The van der Waals surface area contributed by atoms with E-state index in [1.54, 1.807) is 0 Å². The van der Waals surface area contributed by atoms with E-state index in [0.29, 0.717) is 11.5 Å². The Morgan fingerprint density at radius 1 is 1.47 bits per heavy atom. The average Bonchev–Trinajstić information content (AvgIpc) is 2.64. The van der Waals surface area contributed by atoms with Gasteiger partial charge >= 0.3 is 0 Å². The molecule has 17 heavy (non-hydrogen) atoms. The van der Waals surface area contributed by atoms with E-state index in [-0.39, 0.29) is 0 Å². The monoisotopic (exact) mass is 241 g/mol. The van der Waals surface area contributed by atoms with Crippen LogP contribution in [0.2, 0.25) is 0 Å². The van der Waals surface area contributed by atoms with Gasteiger partial charge in [-0.05, 0) is 57.7 Å². The van der Waals surface area contributed by atoms with Crippen LogP contribution < -0.4 is 11.1 Å². The Kier molecular flexibility index (Phi) is 5.90. The Labute approximate surface area is 107 Å². The maximum atomic E-state index is 5.74. The molecule has 102 valence electrons. The van der Waals surface area contributed by atoms with Crippen LogP contribution in [0.15, 0.2) is 0 Å². The Balaban J connectivity index is 2.16. The van der Waals surface area contributed by atoms with Gasteiger partial charge in [-0.25, -0.2) is 0 Å². The van der Waals surface area contributed by atoms with Gasteiger partial charge in [0.1, 0.15) is 0 Å². The van der Waals surface area contributed by atoms with Crippen LogP contribution in [0.5, 0.6) is 0 Å². The van der Waals surface area contributed by atoms with E-state index in [2.05, 4.69) is 38.0 Å². The Morgan fingerprint density at radius 2 is 2.18 bits per heavy atom. The van der Waals surface area contributed by atoms with Crippen molar-refractivity contribution in [1.29, 1.82) is 0 Å². The van der Waals surface area contributed by atoms with Crippen molar-refractivity contribution >= 4 is 0 Å². The second-order valence-electron chi connectivity index (χ2n) is 6.53. The molecule has 3 nitrogen and oxygen atoms in total. The van der Waals surface area contributed by atoms with Crippen molar-refractivity contribution in [2.45, 2.75) is 46.1 Å². The summed E-state index contributed by atoms with van der Waals surface area (Å²) >= 11 is 0. The van der Waals surface area contributed by atoms with Crippen molar-refractivity contribution in [3.63, 3.8) is 0 Å². The normalized spacial score (nSPS) is 24.2. The second kappa shape index (κ2) is 6.72. The highest BCUT2D eigenvalue weighted by Gasteiger charge is 2.33. The van der Waals surface area contributed by atoms with Gasteiger partial charge in [0.15, 0.2) is 0 Å². The van der Waals surface area contributed by atoms with Crippen molar-refractivity contribution in [2.75, 3.05) is 33.2 Å². The molecule has 3 heteroatoms. The minimum atomic E-state index is 0.341. The molecule has 2 atom stereocenters. The first-order valence-electron chi connectivity index (χ1n) is 7.06. The summed E-state index contributed by atoms with van der Waals surface area (Å²) in [5.74, 6) is 0.841. The number of hydrogen-bond acceptors (Lipinski definition) is 3. The molecule has 0 saturated carbocycles.